The Morgan fingerprint density at radius 2 is 2.25 bits per heavy atom. The van der Waals surface area contributed by atoms with E-state index in [9.17, 15) is 4.79 Å². The van der Waals surface area contributed by atoms with Crippen molar-refractivity contribution in [2.24, 2.45) is 9.98 Å². The highest BCUT2D eigenvalue weighted by Crippen LogP contribution is 2.32. The summed E-state index contributed by atoms with van der Waals surface area (Å²) in [4.78, 5) is 29.3. The lowest BCUT2D eigenvalue weighted by Gasteiger charge is -2.31. The summed E-state index contributed by atoms with van der Waals surface area (Å²) < 4.78 is 5.18. The third-order valence-corrected chi connectivity index (χ3v) is 5.65. The highest BCUT2D eigenvalue weighted by molar-refractivity contribution is 6.37. The minimum atomic E-state index is -0.264. The maximum atomic E-state index is 13.4. The molecule has 1 fully saturated rings. The van der Waals surface area contributed by atoms with Gasteiger partial charge in [-0.25, -0.2) is 20.3 Å². The number of carbonyl (C=O) groups is 1. The molecule has 0 spiro atoms. The van der Waals surface area contributed by atoms with Crippen LogP contribution in [0, 0.1) is 0 Å². The molecular formula is C23H26ClN5O3. The van der Waals surface area contributed by atoms with Crippen LogP contribution in [0.3, 0.4) is 0 Å². The highest BCUT2D eigenvalue weighted by Gasteiger charge is 2.31. The van der Waals surface area contributed by atoms with Crippen molar-refractivity contribution in [3.8, 4) is 0 Å². The zero-order valence-electron chi connectivity index (χ0n) is 18.3. The van der Waals surface area contributed by atoms with E-state index in [1.165, 1.54) is 0 Å². The van der Waals surface area contributed by atoms with E-state index in [-0.39, 0.29) is 18.2 Å². The smallest absolute Gasteiger partial charge is 0.260 e. The quantitative estimate of drug-likeness (QED) is 0.688. The Morgan fingerprint density at radius 3 is 2.81 bits per heavy atom. The number of allylic oxidation sites excluding steroid dienone is 1. The number of hydrogen-bond donors (Lipinski definition) is 2. The lowest BCUT2D eigenvalue weighted by molar-refractivity contribution is -0.121. The van der Waals surface area contributed by atoms with Crippen molar-refractivity contribution in [2.75, 3.05) is 19.8 Å². The molecule has 3 aliphatic rings. The lowest BCUT2D eigenvalue weighted by atomic mass is 9.95. The molecule has 3 heterocycles. The SMILES string of the molecule is C=C(/N=C1\C(=C/C)C=C(c2ccc(C3=NC(C)ON3)cc2Cl)C(=O)N1CC)NC1COC1. The third kappa shape index (κ3) is 4.34. The molecule has 0 aromatic heterocycles. The molecule has 0 radical (unpaired) electrons. The predicted molar refractivity (Wildman–Crippen MR) is 125 cm³/mol. The Hall–Kier alpha value is -2.94. The van der Waals surface area contributed by atoms with Crippen molar-refractivity contribution >= 4 is 34.8 Å². The number of amides is 1. The summed E-state index contributed by atoms with van der Waals surface area (Å²) >= 11 is 6.60. The van der Waals surface area contributed by atoms with Crippen LogP contribution in [0.4, 0.5) is 0 Å². The summed E-state index contributed by atoms with van der Waals surface area (Å²) in [5.74, 6) is 1.50. The van der Waals surface area contributed by atoms with Crippen LogP contribution in [0.25, 0.3) is 5.57 Å². The Bertz CT molecular complexity index is 1070. The molecule has 1 aromatic rings. The van der Waals surface area contributed by atoms with Gasteiger partial charge >= 0.3 is 0 Å². The molecule has 1 unspecified atom stereocenters. The first-order valence-corrected chi connectivity index (χ1v) is 10.9. The Balaban J connectivity index is 1.66. The van der Waals surface area contributed by atoms with Crippen LogP contribution in [0.1, 0.15) is 31.9 Å². The fourth-order valence-corrected chi connectivity index (χ4v) is 3.89. The lowest BCUT2D eigenvalue weighted by Crippen LogP contribution is -2.46. The average molecular weight is 456 g/mol. The van der Waals surface area contributed by atoms with Gasteiger partial charge in [0, 0.05) is 33.8 Å². The summed E-state index contributed by atoms with van der Waals surface area (Å²) in [6.07, 6.45) is 3.48. The van der Waals surface area contributed by atoms with Crippen LogP contribution in [-0.2, 0) is 14.4 Å². The van der Waals surface area contributed by atoms with Gasteiger partial charge in [0.05, 0.1) is 19.3 Å². The number of nitrogens with zero attached hydrogens (tertiary/aromatic N) is 3. The maximum absolute atomic E-state index is 13.4. The van der Waals surface area contributed by atoms with Gasteiger partial charge in [-0.1, -0.05) is 36.4 Å². The van der Waals surface area contributed by atoms with E-state index in [0.29, 0.717) is 53.4 Å². The van der Waals surface area contributed by atoms with Crippen molar-refractivity contribution in [3.05, 3.63) is 64.5 Å². The van der Waals surface area contributed by atoms with Gasteiger partial charge in [-0.15, -0.1) is 0 Å². The largest absolute Gasteiger partial charge is 0.377 e. The van der Waals surface area contributed by atoms with Gasteiger partial charge in [-0.3, -0.25) is 9.69 Å². The number of benzene rings is 1. The Morgan fingerprint density at radius 1 is 1.47 bits per heavy atom. The number of amidine groups is 2. The van der Waals surface area contributed by atoms with Gasteiger partial charge in [0.2, 0.25) is 0 Å². The van der Waals surface area contributed by atoms with E-state index >= 15 is 0 Å². The summed E-state index contributed by atoms with van der Waals surface area (Å²) in [5, 5.41) is 3.67. The second-order valence-electron chi connectivity index (χ2n) is 7.60. The van der Waals surface area contributed by atoms with Crippen molar-refractivity contribution < 1.29 is 14.4 Å². The summed E-state index contributed by atoms with van der Waals surface area (Å²) in [6, 6.07) is 5.67. The number of nitrogens with one attached hydrogen (secondary N) is 2. The molecule has 0 bridgehead atoms. The number of hydroxylamine groups is 1. The first-order valence-electron chi connectivity index (χ1n) is 10.5. The van der Waals surface area contributed by atoms with E-state index in [1.807, 2.05) is 45.1 Å². The molecule has 168 valence electrons. The highest BCUT2D eigenvalue weighted by atomic mass is 35.5. The molecule has 8 nitrogen and oxygen atoms in total. The fourth-order valence-electron chi connectivity index (χ4n) is 3.61. The molecule has 32 heavy (non-hydrogen) atoms. The van der Waals surface area contributed by atoms with Gasteiger partial charge in [0.25, 0.3) is 5.91 Å². The van der Waals surface area contributed by atoms with E-state index < -0.39 is 0 Å². The standard InChI is InChI=1S/C23H26ClN5O3/c1-5-15-9-19(18-8-7-16(10-20(18)24)21-27-14(4)32-28-21)23(30)29(6-2)22(15)26-13(3)25-17-11-31-12-17/h5,7-10,14,17,25H,3,6,11-12H2,1-2,4H3,(H,27,28)/b15-5-,26-22+. The average Bonchev–Trinajstić information content (AvgIpc) is 3.18. The molecule has 1 atom stereocenters. The fraction of sp³-hybridized carbons (Fsp3) is 0.348. The van der Waals surface area contributed by atoms with Crippen LogP contribution < -0.4 is 10.8 Å². The normalized spacial score (nSPS) is 23.7. The number of halogens is 1. The Labute approximate surface area is 192 Å². The third-order valence-electron chi connectivity index (χ3n) is 5.34. The van der Waals surface area contributed by atoms with Crippen LogP contribution in [0.15, 0.2) is 58.3 Å². The van der Waals surface area contributed by atoms with Crippen LogP contribution in [-0.4, -0.2) is 54.5 Å². The first-order chi connectivity index (χ1) is 15.4. The van der Waals surface area contributed by atoms with Gasteiger partial charge < -0.3 is 10.1 Å². The van der Waals surface area contributed by atoms with E-state index in [0.717, 1.165) is 11.1 Å². The molecule has 1 amide bonds. The molecule has 1 saturated heterocycles. The molecule has 3 aliphatic heterocycles. The number of aliphatic imine (C=N–C) groups is 2. The number of hydrogen-bond acceptors (Lipinski definition) is 7. The van der Waals surface area contributed by atoms with Gasteiger partial charge in [-0.2, -0.15) is 0 Å². The summed E-state index contributed by atoms with van der Waals surface area (Å²) in [6.45, 7) is 11.4. The maximum Gasteiger partial charge on any atom is 0.260 e. The van der Waals surface area contributed by atoms with Crippen molar-refractivity contribution in [2.45, 2.75) is 33.0 Å². The van der Waals surface area contributed by atoms with E-state index in [4.69, 9.17) is 21.2 Å². The molecule has 2 N–H and O–H groups in total. The van der Waals surface area contributed by atoms with Crippen LogP contribution in [0.2, 0.25) is 5.02 Å². The molecule has 9 heteroatoms. The molecule has 4 rings (SSSR count). The van der Waals surface area contributed by atoms with Gasteiger partial charge in [0.1, 0.15) is 11.7 Å². The molecule has 1 aromatic carbocycles. The number of rotatable bonds is 6. The second kappa shape index (κ2) is 9.28. The monoisotopic (exact) mass is 455 g/mol. The zero-order valence-corrected chi connectivity index (χ0v) is 19.1. The van der Waals surface area contributed by atoms with E-state index in [1.54, 1.807) is 11.0 Å². The second-order valence-corrected chi connectivity index (χ2v) is 8.01. The van der Waals surface area contributed by atoms with E-state index in [2.05, 4.69) is 27.4 Å². The summed E-state index contributed by atoms with van der Waals surface area (Å²) in [5.41, 5.74) is 5.55. The Kier molecular flexibility index (Phi) is 6.45. The molecule has 0 aliphatic carbocycles. The van der Waals surface area contributed by atoms with Crippen LogP contribution in [0.5, 0.6) is 0 Å². The zero-order chi connectivity index (χ0) is 22.8. The minimum absolute atomic E-state index is 0.167. The minimum Gasteiger partial charge on any atom is -0.377 e. The number of ether oxygens (including phenoxy) is 1. The van der Waals surface area contributed by atoms with Crippen LogP contribution >= 0.6 is 11.6 Å². The van der Waals surface area contributed by atoms with Crippen molar-refractivity contribution in [3.63, 3.8) is 0 Å². The van der Waals surface area contributed by atoms with Crippen molar-refractivity contribution in [1.29, 1.82) is 0 Å². The number of carbonyl (C=O) groups excluding carboxylic acids is 1. The summed E-state index contributed by atoms with van der Waals surface area (Å²) in [7, 11) is 0. The molecule has 0 saturated carbocycles. The predicted octanol–water partition coefficient (Wildman–Crippen LogP) is 3.02. The molecular weight excluding hydrogens is 430 g/mol. The number of likely N-dealkylation sites (N-methyl/N-ethyl adjacent to an activating group) is 1. The van der Waals surface area contributed by atoms with Gasteiger partial charge in [-0.05, 0) is 32.9 Å². The van der Waals surface area contributed by atoms with Gasteiger partial charge in [0.15, 0.2) is 12.1 Å². The van der Waals surface area contributed by atoms with Crippen molar-refractivity contribution in [1.82, 2.24) is 15.7 Å². The first kappa shape index (κ1) is 22.3. The topological polar surface area (TPSA) is 87.6 Å².